The Balaban J connectivity index is 2.80. The number of aliphatic carboxylic acids is 1. The van der Waals surface area contributed by atoms with Gasteiger partial charge in [-0.15, -0.1) is 0 Å². The van der Waals surface area contributed by atoms with E-state index in [-0.39, 0.29) is 12.5 Å². The van der Waals surface area contributed by atoms with E-state index in [2.05, 4.69) is 0 Å². The third-order valence-electron chi connectivity index (χ3n) is 2.41. The zero-order chi connectivity index (χ0) is 13.5. The van der Waals surface area contributed by atoms with Gasteiger partial charge in [-0.25, -0.2) is 4.79 Å². The Morgan fingerprint density at radius 2 is 1.94 bits per heavy atom. The van der Waals surface area contributed by atoms with E-state index < -0.39 is 5.97 Å². The lowest BCUT2D eigenvalue weighted by molar-refractivity contribution is -0.131. The molecule has 0 aromatic heterocycles. The topological polar surface area (TPSA) is 83.6 Å². The molecule has 5 heteroatoms. The molecule has 96 valence electrons. The molecule has 0 bridgehead atoms. The average Bonchev–Trinajstić information content (AvgIpc) is 2.34. The van der Waals surface area contributed by atoms with Crippen LogP contribution in [0.3, 0.4) is 0 Å². The van der Waals surface area contributed by atoms with Crippen LogP contribution in [0, 0.1) is 0 Å². The molecule has 0 unspecified atom stereocenters. The van der Waals surface area contributed by atoms with Crippen molar-refractivity contribution in [1.29, 1.82) is 0 Å². The second kappa shape index (κ2) is 6.44. The molecule has 0 atom stereocenters. The molecular formula is C13H16N2O3. The molecule has 5 nitrogen and oxygen atoms in total. The second-order valence-electron chi connectivity index (χ2n) is 3.74. The molecule has 1 rings (SSSR count). The van der Waals surface area contributed by atoms with Crippen molar-refractivity contribution < 1.29 is 14.7 Å². The standard InChI is InChI=1S/C13H16N2O3/c1-2-15(9-12(14)16)11-6-3-10(4-7-11)5-8-13(17)18/h3-8H,2,9H2,1H3,(H2,14,16)(H,17,18)/b8-5+. The lowest BCUT2D eigenvalue weighted by Gasteiger charge is -2.21. The predicted octanol–water partition coefficient (Wildman–Crippen LogP) is 1.10. The first-order valence-electron chi connectivity index (χ1n) is 5.57. The number of amides is 1. The molecule has 0 spiro atoms. The molecule has 0 fully saturated rings. The highest BCUT2D eigenvalue weighted by atomic mass is 16.4. The summed E-state index contributed by atoms with van der Waals surface area (Å²) in [5.41, 5.74) is 6.83. The summed E-state index contributed by atoms with van der Waals surface area (Å²) in [5, 5.41) is 8.51. The number of anilines is 1. The lowest BCUT2D eigenvalue weighted by atomic mass is 10.2. The number of benzene rings is 1. The monoisotopic (exact) mass is 248 g/mol. The highest BCUT2D eigenvalue weighted by Crippen LogP contribution is 2.15. The Kier molecular flexibility index (Phi) is 4.92. The molecule has 0 heterocycles. The van der Waals surface area contributed by atoms with Crippen molar-refractivity contribution in [1.82, 2.24) is 0 Å². The molecule has 3 N–H and O–H groups in total. The van der Waals surface area contributed by atoms with Crippen LogP contribution < -0.4 is 10.6 Å². The molecule has 0 saturated heterocycles. The Morgan fingerprint density at radius 3 is 2.39 bits per heavy atom. The van der Waals surface area contributed by atoms with Gasteiger partial charge in [0.05, 0.1) is 6.54 Å². The Bertz CT molecular complexity index is 452. The number of nitrogens with zero attached hydrogens (tertiary/aromatic N) is 1. The maximum Gasteiger partial charge on any atom is 0.328 e. The first-order valence-corrected chi connectivity index (χ1v) is 5.57. The quantitative estimate of drug-likeness (QED) is 0.738. The number of hydrogen-bond donors (Lipinski definition) is 2. The van der Waals surface area contributed by atoms with Crippen molar-refractivity contribution in [3.63, 3.8) is 0 Å². The number of primary amides is 1. The molecule has 0 aliphatic rings. The number of nitrogens with two attached hydrogens (primary N) is 1. The zero-order valence-electron chi connectivity index (χ0n) is 10.2. The van der Waals surface area contributed by atoms with Gasteiger partial charge in [-0.05, 0) is 30.7 Å². The summed E-state index contributed by atoms with van der Waals surface area (Å²) >= 11 is 0. The summed E-state index contributed by atoms with van der Waals surface area (Å²) in [7, 11) is 0. The van der Waals surface area contributed by atoms with Crippen LogP contribution in [0.4, 0.5) is 5.69 Å². The number of carbonyl (C=O) groups is 2. The smallest absolute Gasteiger partial charge is 0.328 e. The summed E-state index contributed by atoms with van der Waals surface area (Å²) in [4.78, 5) is 23.1. The van der Waals surface area contributed by atoms with E-state index in [9.17, 15) is 9.59 Å². The third-order valence-corrected chi connectivity index (χ3v) is 2.41. The van der Waals surface area contributed by atoms with Crippen molar-refractivity contribution in [2.45, 2.75) is 6.92 Å². The predicted molar refractivity (Wildman–Crippen MR) is 70.2 cm³/mol. The number of hydrogen-bond acceptors (Lipinski definition) is 3. The zero-order valence-corrected chi connectivity index (χ0v) is 10.2. The minimum Gasteiger partial charge on any atom is -0.478 e. The third kappa shape index (κ3) is 4.29. The van der Waals surface area contributed by atoms with E-state index in [1.165, 1.54) is 6.08 Å². The minimum absolute atomic E-state index is 0.167. The van der Waals surface area contributed by atoms with Crippen LogP contribution >= 0.6 is 0 Å². The fourth-order valence-electron chi connectivity index (χ4n) is 1.54. The number of likely N-dealkylation sites (N-methyl/N-ethyl adjacent to an activating group) is 1. The number of carboxylic acid groups (broad SMARTS) is 1. The van der Waals surface area contributed by atoms with Crippen LogP contribution in [-0.2, 0) is 9.59 Å². The van der Waals surface area contributed by atoms with Crippen LogP contribution in [0.25, 0.3) is 6.08 Å². The first kappa shape index (κ1) is 13.8. The summed E-state index contributed by atoms with van der Waals surface area (Å²) in [6.45, 7) is 2.77. The highest BCUT2D eigenvalue weighted by Gasteiger charge is 2.06. The van der Waals surface area contributed by atoms with Crippen molar-refractivity contribution in [2.24, 2.45) is 5.73 Å². The Labute approximate surface area is 106 Å². The van der Waals surface area contributed by atoms with E-state index in [1.54, 1.807) is 12.1 Å². The van der Waals surface area contributed by atoms with E-state index in [4.69, 9.17) is 10.8 Å². The Hall–Kier alpha value is -2.30. The van der Waals surface area contributed by atoms with Crippen molar-refractivity contribution in [2.75, 3.05) is 18.0 Å². The summed E-state index contributed by atoms with van der Waals surface area (Å²) < 4.78 is 0. The van der Waals surface area contributed by atoms with E-state index in [1.807, 2.05) is 24.0 Å². The van der Waals surface area contributed by atoms with Gasteiger partial charge in [0.25, 0.3) is 0 Å². The van der Waals surface area contributed by atoms with Crippen LogP contribution in [0.2, 0.25) is 0 Å². The van der Waals surface area contributed by atoms with Crippen LogP contribution in [-0.4, -0.2) is 30.1 Å². The SMILES string of the molecule is CCN(CC(N)=O)c1ccc(/C=C/C(=O)O)cc1. The summed E-state index contributed by atoms with van der Waals surface area (Å²) in [6, 6.07) is 7.23. The van der Waals surface area contributed by atoms with E-state index in [0.717, 1.165) is 17.3 Å². The van der Waals surface area contributed by atoms with Crippen LogP contribution in [0.1, 0.15) is 12.5 Å². The van der Waals surface area contributed by atoms with Crippen molar-refractivity contribution >= 4 is 23.6 Å². The van der Waals surface area contributed by atoms with E-state index in [0.29, 0.717) is 6.54 Å². The fourth-order valence-corrected chi connectivity index (χ4v) is 1.54. The van der Waals surface area contributed by atoms with Gasteiger partial charge in [-0.3, -0.25) is 4.79 Å². The second-order valence-corrected chi connectivity index (χ2v) is 3.74. The lowest BCUT2D eigenvalue weighted by Crippen LogP contribution is -2.33. The molecule has 0 saturated carbocycles. The van der Waals surface area contributed by atoms with Crippen LogP contribution in [0.15, 0.2) is 30.3 Å². The molecule has 0 radical (unpaired) electrons. The van der Waals surface area contributed by atoms with Gasteiger partial charge in [0.2, 0.25) is 5.91 Å². The average molecular weight is 248 g/mol. The van der Waals surface area contributed by atoms with Gasteiger partial charge in [-0.2, -0.15) is 0 Å². The summed E-state index contributed by atoms with van der Waals surface area (Å²) in [6.07, 6.45) is 2.59. The maximum absolute atomic E-state index is 10.9. The summed E-state index contributed by atoms with van der Waals surface area (Å²) in [5.74, 6) is -1.37. The van der Waals surface area contributed by atoms with Gasteiger partial charge in [-0.1, -0.05) is 12.1 Å². The first-order chi connectivity index (χ1) is 8.52. The largest absolute Gasteiger partial charge is 0.478 e. The number of carbonyl (C=O) groups excluding carboxylic acids is 1. The van der Waals surface area contributed by atoms with Crippen molar-refractivity contribution in [3.05, 3.63) is 35.9 Å². The molecule has 0 aliphatic carbocycles. The molecule has 1 aromatic rings. The van der Waals surface area contributed by atoms with Gasteiger partial charge in [0, 0.05) is 18.3 Å². The normalized spacial score (nSPS) is 10.5. The van der Waals surface area contributed by atoms with Crippen LogP contribution in [0.5, 0.6) is 0 Å². The minimum atomic E-state index is -0.983. The van der Waals surface area contributed by atoms with Gasteiger partial charge in [0.15, 0.2) is 0 Å². The number of carboxylic acids is 1. The molecule has 0 aliphatic heterocycles. The Morgan fingerprint density at radius 1 is 1.33 bits per heavy atom. The molecule has 1 amide bonds. The fraction of sp³-hybridized carbons (Fsp3) is 0.231. The molecule has 18 heavy (non-hydrogen) atoms. The highest BCUT2D eigenvalue weighted by molar-refractivity contribution is 5.85. The van der Waals surface area contributed by atoms with Gasteiger partial charge in [0.1, 0.15) is 0 Å². The van der Waals surface area contributed by atoms with Crippen molar-refractivity contribution in [3.8, 4) is 0 Å². The molecular weight excluding hydrogens is 232 g/mol. The van der Waals surface area contributed by atoms with E-state index >= 15 is 0 Å². The maximum atomic E-state index is 10.9. The number of rotatable bonds is 6. The van der Waals surface area contributed by atoms with Gasteiger partial charge >= 0.3 is 5.97 Å². The van der Waals surface area contributed by atoms with Gasteiger partial charge < -0.3 is 15.7 Å². The molecule has 1 aromatic carbocycles.